The summed E-state index contributed by atoms with van der Waals surface area (Å²) < 4.78 is 0. The number of hydrogen-bond acceptors (Lipinski definition) is 1. The molecule has 1 N–H and O–H groups in total. The van der Waals surface area contributed by atoms with Crippen LogP contribution in [0.3, 0.4) is 0 Å². The van der Waals surface area contributed by atoms with E-state index >= 15 is 0 Å². The first kappa shape index (κ1) is 9.26. The highest BCUT2D eigenvalue weighted by molar-refractivity contribution is 5.72. The monoisotopic (exact) mass is 172 g/mol. The van der Waals surface area contributed by atoms with Gasteiger partial charge in [0.15, 0.2) is 0 Å². The first-order chi connectivity index (χ1) is 6.38. The maximum Gasteiger partial charge on any atom is 0.0650 e. The summed E-state index contributed by atoms with van der Waals surface area (Å²) in [7, 11) is 0. The van der Waals surface area contributed by atoms with Crippen molar-refractivity contribution in [3.05, 3.63) is 61.5 Å². The molecule has 1 aromatic rings. The van der Waals surface area contributed by atoms with Crippen LogP contribution in [0, 0.1) is 0 Å². The Morgan fingerprint density at radius 2 is 2.23 bits per heavy atom. The highest BCUT2D eigenvalue weighted by Crippen LogP contribution is 2.12. The maximum atomic E-state index is 3.87. The van der Waals surface area contributed by atoms with Crippen LogP contribution in [0.15, 0.2) is 55.8 Å². The lowest BCUT2D eigenvalue weighted by molar-refractivity contribution is 1.08. The lowest BCUT2D eigenvalue weighted by atomic mass is 10.1. The van der Waals surface area contributed by atoms with Crippen molar-refractivity contribution >= 4 is 5.57 Å². The van der Waals surface area contributed by atoms with Gasteiger partial charge in [0, 0.05) is 6.20 Å². The summed E-state index contributed by atoms with van der Waals surface area (Å²) in [5.41, 5.74) is 2.01. The molecule has 0 radical (unpaired) electrons. The molecular formula is C11H12N2. The van der Waals surface area contributed by atoms with Crippen molar-refractivity contribution in [3.63, 3.8) is 0 Å². The van der Waals surface area contributed by atoms with E-state index < -0.39 is 0 Å². The van der Waals surface area contributed by atoms with Gasteiger partial charge in [0.2, 0.25) is 0 Å². The van der Waals surface area contributed by atoms with Crippen LogP contribution in [0.25, 0.3) is 5.57 Å². The molecule has 66 valence electrons. The highest BCUT2D eigenvalue weighted by atomic mass is 15.1. The van der Waals surface area contributed by atoms with E-state index in [0.717, 1.165) is 11.3 Å². The normalized spacial score (nSPS) is 11.8. The Balaban J connectivity index is 2.93. The van der Waals surface area contributed by atoms with Gasteiger partial charge in [-0.2, -0.15) is 5.10 Å². The molecule has 1 heterocycles. The van der Waals surface area contributed by atoms with Crippen LogP contribution in [0.4, 0.5) is 0 Å². The van der Waals surface area contributed by atoms with Crippen LogP contribution in [0.5, 0.6) is 0 Å². The molecule has 0 aliphatic heterocycles. The lowest BCUT2D eigenvalue weighted by Crippen LogP contribution is -1.80. The number of rotatable bonds is 4. The predicted molar refractivity (Wildman–Crippen MR) is 56.1 cm³/mol. The number of nitrogens with one attached hydrogen (secondary N) is 1. The summed E-state index contributed by atoms with van der Waals surface area (Å²) in [6, 6.07) is 1.91. The van der Waals surface area contributed by atoms with Crippen molar-refractivity contribution in [3.8, 4) is 0 Å². The highest BCUT2D eigenvalue weighted by Gasteiger charge is 1.95. The van der Waals surface area contributed by atoms with E-state index in [1.165, 1.54) is 0 Å². The standard InChI is InChI=1S/C11H12N2/c1-3-5-7-10(6-4-2)11-8-9-12-13-11/h3-9H,1-2H2,(H,12,13)/b7-5-,10-6+. The first-order valence-corrected chi connectivity index (χ1v) is 4.00. The molecule has 0 aliphatic carbocycles. The van der Waals surface area contributed by atoms with Crippen LogP contribution in [-0.4, -0.2) is 10.2 Å². The fourth-order valence-corrected chi connectivity index (χ4v) is 0.950. The van der Waals surface area contributed by atoms with Gasteiger partial charge in [-0.05, 0) is 11.6 Å². The molecule has 0 atom stereocenters. The molecule has 2 nitrogen and oxygen atoms in total. The van der Waals surface area contributed by atoms with Crippen molar-refractivity contribution in [2.75, 3.05) is 0 Å². The molecule has 0 spiro atoms. The molecular weight excluding hydrogens is 160 g/mol. The molecule has 0 bridgehead atoms. The van der Waals surface area contributed by atoms with Gasteiger partial charge in [-0.25, -0.2) is 0 Å². The molecule has 1 rings (SSSR count). The Bertz CT molecular complexity index is 329. The number of aromatic nitrogens is 2. The van der Waals surface area contributed by atoms with E-state index in [2.05, 4.69) is 23.4 Å². The molecule has 13 heavy (non-hydrogen) atoms. The average Bonchev–Trinajstić information content (AvgIpc) is 2.65. The van der Waals surface area contributed by atoms with Gasteiger partial charge < -0.3 is 0 Å². The summed E-state index contributed by atoms with van der Waals surface area (Å²) in [5.74, 6) is 0. The molecule has 0 aliphatic rings. The van der Waals surface area contributed by atoms with E-state index in [9.17, 15) is 0 Å². The van der Waals surface area contributed by atoms with E-state index in [4.69, 9.17) is 0 Å². The summed E-state index contributed by atoms with van der Waals surface area (Å²) in [4.78, 5) is 0. The molecule has 0 saturated heterocycles. The van der Waals surface area contributed by atoms with Gasteiger partial charge in [-0.3, -0.25) is 5.10 Å². The fraction of sp³-hybridized carbons (Fsp3) is 0. The smallest absolute Gasteiger partial charge is 0.0650 e. The minimum absolute atomic E-state index is 0.970. The Morgan fingerprint density at radius 3 is 2.77 bits per heavy atom. The number of aromatic amines is 1. The second-order valence-corrected chi connectivity index (χ2v) is 2.42. The Morgan fingerprint density at radius 1 is 1.38 bits per heavy atom. The van der Waals surface area contributed by atoms with Crippen molar-refractivity contribution in [2.45, 2.75) is 0 Å². The van der Waals surface area contributed by atoms with Crippen molar-refractivity contribution in [1.29, 1.82) is 0 Å². The zero-order chi connectivity index (χ0) is 9.52. The second kappa shape index (κ2) is 4.93. The van der Waals surface area contributed by atoms with Crippen molar-refractivity contribution in [2.24, 2.45) is 0 Å². The molecule has 0 saturated carbocycles. The third kappa shape index (κ3) is 2.60. The molecule has 0 fully saturated rings. The van der Waals surface area contributed by atoms with E-state index in [1.54, 1.807) is 18.3 Å². The number of nitrogens with zero attached hydrogens (tertiary/aromatic N) is 1. The summed E-state index contributed by atoms with van der Waals surface area (Å²) >= 11 is 0. The average molecular weight is 172 g/mol. The number of hydrogen-bond donors (Lipinski definition) is 1. The van der Waals surface area contributed by atoms with Gasteiger partial charge in [0.1, 0.15) is 0 Å². The molecule has 2 heteroatoms. The van der Waals surface area contributed by atoms with Crippen LogP contribution in [0.1, 0.15) is 5.69 Å². The summed E-state index contributed by atoms with van der Waals surface area (Å²) in [5, 5.41) is 6.75. The van der Waals surface area contributed by atoms with Crippen molar-refractivity contribution < 1.29 is 0 Å². The SMILES string of the molecule is C=C/C=C\C(=C/C=C)c1ccn[nH]1. The van der Waals surface area contributed by atoms with Gasteiger partial charge >= 0.3 is 0 Å². The third-order valence-corrected chi connectivity index (χ3v) is 1.52. The topological polar surface area (TPSA) is 28.7 Å². The molecule has 0 aromatic carbocycles. The maximum absolute atomic E-state index is 3.87. The van der Waals surface area contributed by atoms with Crippen molar-refractivity contribution in [1.82, 2.24) is 10.2 Å². The minimum Gasteiger partial charge on any atom is -0.278 e. The van der Waals surface area contributed by atoms with Gasteiger partial charge in [-0.15, -0.1) is 0 Å². The van der Waals surface area contributed by atoms with Crippen LogP contribution in [0.2, 0.25) is 0 Å². The first-order valence-electron chi connectivity index (χ1n) is 4.00. The van der Waals surface area contributed by atoms with E-state index in [0.29, 0.717) is 0 Å². The Kier molecular flexibility index (Phi) is 3.51. The Hall–Kier alpha value is -1.83. The number of allylic oxidation sites excluding steroid dienone is 6. The zero-order valence-electron chi connectivity index (χ0n) is 7.40. The largest absolute Gasteiger partial charge is 0.278 e. The van der Waals surface area contributed by atoms with Gasteiger partial charge in [0.25, 0.3) is 0 Å². The quantitative estimate of drug-likeness (QED) is 0.695. The summed E-state index contributed by atoms with van der Waals surface area (Å²) in [6.07, 6.45) is 10.9. The van der Waals surface area contributed by atoms with Crippen LogP contribution in [-0.2, 0) is 0 Å². The number of H-pyrrole nitrogens is 1. The van der Waals surface area contributed by atoms with Gasteiger partial charge in [0.05, 0.1) is 5.69 Å². The predicted octanol–water partition coefficient (Wildman–Crippen LogP) is 2.72. The molecule has 0 unspecified atom stereocenters. The fourth-order valence-electron chi connectivity index (χ4n) is 0.950. The lowest BCUT2D eigenvalue weighted by Gasteiger charge is -1.94. The second-order valence-electron chi connectivity index (χ2n) is 2.42. The van der Waals surface area contributed by atoms with Gasteiger partial charge in [-0.1, -0.05) is 43.5 Å². The Labute approximate surface area is 78.0 Å². The van der Waals surface area contributed by atoms with Crippen LogP contribution >= 0.6 is 0 Å². The molecule has 0 amide bonds. The van der Waals surface area contributed by atoms with E-state index in [1.807, 2.05) is 24.3 Å². The minimum atomic E-state index is 0.970. The van der Waals surface area contributed by atoms with Crippen LogP contribution < -0.4 is 0 Å². The van der Waals surface area contributed by atoms with E-state index in [-0.39, 0.29) is 0 Å². The summed E-state index contributed by atoms with van der Waals surface area (Å²) in [6.45, 7) is 7.26. The zero-order valence-corrected chi connectivity index (χ0v) is 7.40. The molecule has 1 aromatic heterocycles. The third-order valence-electron chi connectivity index (χ3n) is 1.52.